The monoisotopic (exact) mass is 282 g/mol. The van der Waals surface area contributed by atoms with Gasteiger partial charge in [0.1, 0.15) is 5.83 Å². The predicted molar refractivity (Wildman–Crippen MR) is 93.7 cm³/mol. The highest BCUT2D eigenvalue weighted by Crippen LogP contribution is 2.08. The van der Waals surface area contributed by atoms with Crippen molar-refractivity contribution in [3.05, 3.63) is 46.3 Å². The van der Waals surface area contributed by atoms with Gasteiger partial charge in [-0.1, -0.05) is 49.6 Å². The lowest BCUT2D eigenvalue weighted by Crippen LogP contribution is -1.72. The molecule has 0 aliphatic rings. The number of hydrogen-bond donors (Lipinski definition) is 0. The molecule has 0 amide bonds. The van der Waals surface area contributed by atoms with E-state index in [-0.39, 0.29) is 5.83 Å². The fourth-order valence-electron chi connectivity index (χ4n) is 0.825. The van der Waals surface area contributed by atoms with E-state index in [0.29, 0.717) is 0 Å². The van der Waals surface area contributed by atoms with Gasteiger partial charge in [-0.3, -0.25) is 0 Å². The molecule has 0 aliphatic carbocycles. The fraction of sp³-hybridized carbons (Fsp3) is 0.579. The van der Waals surface area contributed by atoms with Crippen LogP contribution in [0.5, 0.6) is 0 Å². The Bertz CT molecular complexity index is 340. The quantitative estimate of drug-likeness (QED) is 0.469. The SMILES string of the molecule is CC.CC(C)=CC(F)=C(C)C.CC/C(C)=C\C=C(C)C. The van der Waals surface area contributed by atoms with Crippen molar-refractivity contribution >= 4 is 0 Å². The van der Waals surface area contributed by atoms with Crippen molar-refractivity contribution in [3.8, 4) is 0 Å². The van der Waals surface area contributed by atoms with Gasteiger partial charge in [-0.15, -0.1) is 0 Å². The second kappa shape index (κ2) is 15.9. The van der Waals surface area contributed by atoms with Gasteiger partial charge in [0, 0.05) is 0 Å². The molecule has 0 atom stereocenters. The van der Waals surface area contributed by atoms with Crippen LogP contribution in [0.1, 0.15) is 75.7 Å². The van der Waals surface area contributed by atoms with Gasteiger partial charge in [-0.2, -0.15) is 0 Å². The minimum atomic E-state index is -0.116. The zero-order valence-electron chi connectivity index (χ0n) is 15.3. The largest absolute Gasteiger partial charge is 0.207 e. The Morgan fingerprint density at radius 3 is 1.45 bits per heavy atom. The first-order valence-electron chi connectivity index (χ1n) is 7.49. The molecule has 0 saturated carbocycles. The average molecular weight is 282 g/mol. The third-order valence-electron chi connectivity index (χ3n) is 2.15. The maximum Gasteiger partial charge on any atom is 0.121 e. The molecule has 0 aromatic rings. The van der Waals surface area contributed by atoms with Crippen LogP contribution >= 0.6 is 0 Å². The topological polar surface area (TPSA) is 0 Å². The van der Waals surface area contributed by atoms with Gasteiger partial charge >= 0.3 is 0 Å². The normalized spacial score (nSPS) is 9.25. The first-order valence-corrected chi connectivity index (χ1v) is 7.49. The van der Waals surface area contributed by atoms with Gasteiger partial charge < -0.3 is 0 Å². The van der Waals surface area contributed by atoms with E-state index in [1.165, 1.54) is 17.2 Å². The highest BCUT2D eigenvalue weighted by molar-refractivity contribution is 5.19. The molecule has 1 heteroatoms. The summed E-state index contributed by atoms with van der Waals surface area (Å²) in [6.45, 7) is 19.8. The standard InChI is InChI=1S/C9H16.C8H13F.C2H6/c1-5-9(4)7-6-8(2)3;1-6(2)5-8(9)7(3)4;1-2/h6-7H,5H2,1-4H3;5H,1-4H3;1-2H3/b9-7-;;. The van der Waals surface area contributed by atoms with E-state index in [2.05, 4.69) is 39.8 Å². The Hall–Kier alpha value is -1.11. The molecule has 0 spiro atoms. The van der Waals surface area contributed by atoms with Crippen LogP contribution in [0.2, 0.25) is 0 Å². The third-order valence-corrected chi connectivity index (χ3v) is 2.15. The van der Waals surface area contributed by atoms with Gasteiger partial charge in [-0.25, -0.2) is 4.39 Å². The molecule has 0 fully saturated rings. The lowest BCUT2D eigenvalue weighted by molar-refractivity contribution is 0.652. The third kappa shape index (κ3) is 22.1. The lowest BCUT2D eigenvalue weighted by atomic mass is 10.2. The molecule has 0 aromatic heterocycles. The molecule has 0 radical (unpaired) electrons. The van der Waals surface area contributed by atoms with Crippen molar-refractivity contribution in [2.45, 2.75) is 75.7 Å². The number of hydrogen-bond acceptors (Lipinski definition) is 0. The molecule has 0 unspecified atom stereocenters. The minimum absolute atomic E-state index is 0.116. The van der Waals surface area contributed by atoms with Crippen molar-refractivity contribution in [1.29, 1.82) is 0 Å². The second-order valence-corrected chi connectivity index (χ2v) is 5.18. The minimum Gasteiger partial charge on any atom is -0.207 e. The zero-order valence-corrected chi connectivity index (χ0v) is 15.3. The zero-order chi connectivity index (χ0) is 16.7. The summed E-state index contributed by atoms with van der Waals surface area (Å²) in [6.07, 6.45) is 7.02. The van der Waals surface area contributed by atoms with Gasteiger partial charge in [0.15, 0.2) is 0 Å². The fourth-order valence-corrected chi connectivity index (χ4v) is 0.825. The van der Waals surface area contributed by atoms with Crippen molar-refractivity contribution in [3.63, 3.8) is 0 Å². The van der Waals surface area contributed by atoms with Crippen molar-refractivity contribution in [1.82, 2.24) is 0 Å². The molecule has 0 nitrogen and oxygen atoms in total. The van der Waals surface area contributed by atoms with E-state index >= 15 is 0 Å². The molecular formula is C19H35F. The lowest BCUT2D eigenvalue weighted by Gasteiger charge is -1.91. The Balaban J connectivity index is -0.000000257. The molecule has 0 N–H and O–H groups in total. The summed E-state index contributed by atoms with van der Waals surface area (Å²) in [5.74, 6) is -0.116. The second-order valence-electron chi connectivity index (χ2n) is 5.18. The molecule has 20 heavy (non-hydrogen) atoms. The molecule has 0 rings (SSSR count). The summed E-state index contributed by atoms with van der Waals surface area (Å²) in [6, 6.07) is 0. The molecule has 0 bridgehead atoms. The van der Waals surface area contributed by atoms with Crippen molar-refractivity contribution < 1.29 is 4.39 Å². The molecule has 0 saturated heterocycles. The van der Waals surface area contributed by atoms with Crippen LogP contribution in [0.3, 0.4) is 0 Å². The Labute approximate surface area is 127 Å². The van der Waals surface area contributed by atoms with E-state index in [0.717, 1.165) is 17.6 Å². The number of allylic oxidation sites excluding steroid dienone is 8. The molecule has 118 valence electrons. The van der Waals surface area contributed by atoms with E-state index in [9.17, 15) is 4.39 Å². The summed E-state index contributed by atoms with van der Waals surface area (Å²) in [5.41, 5.74) is 4.53. The Morgan fingerprint density at radius 2 is 1.25 bits per heavy atom. The van der Waals surface area contributed by atoms with Gasteiger partial charge in [0.25, 0.3) is 0 Å². The van der Waals surface area contributed by atoms with E-state index in [1.54, 1.807) is 13.8 Å². The van der Waals surface area contributed by atoms with Gasteiger partial charge in [-0.05, 0) is 66.5 Å². The van der Waals surface area contributed by atoms with Crippen LogP contribution in [-0.4, -0.2) is 0 Å². The maximum atomic E-state index is 12.6. The van der Waals surface area contributed by atoms with Crippen LogP contribution in [0.25, 0.3) is 0 Å². The smallest absolute Gasteiger partial charge is 0.121 e. The van der Waals surface area contributed by atoms with E-state index < -0.39 is 0 Å². The van der Waals surface area contributed by atoms with E-state index in [4.69, 9.17) is 0 Å². The molecule has 0 heterocycles. The van der Waals surface area contributed by atoms with Gasteiger partial charge in [0.2, 0.25) is 0 Å². The van der Waals surface area contributed by atoms with Crippen LogP contribution in [-0.2, 0) is 0 Å². The van der Waals surface area contributed by atoms with Gasteiger partial charge in [0.05, 0.1) is 0 Å². The maximum absolute atomic E-state index is 12.6. The first-order chi connectivity index (χ1) is 9.20. The first kappa shape index (κ1) is 23.9. The predicted octanol–water partition coefficient (Wildman–Crippen LogP) is 7.55. The number of halogens is 1. The summed E-state index contributed by atoms with van der Waals surface area (Å²) in [7, 11) is 0. The van der Waals surface area contributed by atoms with Crippen LogP contribution in [0, 0.1) is 0 Å². The highest BCUT2D eigenvalue weighted by atomic mass is 19.1. The summed E-state index contributed by atoms with van der Waals surface area (Å²) in [4.78, 5) is 0. The van der Waals surface area contributed by atoms with Crippen molar-refractivity contribution in [2.24, 2.45) is 0 Å². The summed E-state index contributed by atoms with van der Waals surface area (Å²) < 4.78 is 12.6. The summed E-state index contributed by atoms with van der Waals surface area (Å²) in [5, 5.41) is 0. The molecular weight excluding hydrogens is 247 g/mol. The Morgan fingerprint density at radius 1 is 0.800 bits per heavy atom. The molecule has 0 aromatic carbocycles. The molecule has 0 aliphatic heterocycles. The highest BCUT2D eigenvalue weighted by Gasteiger charge is 1.89. The average Bonchev–Trinajstić information content (AvgIpc) is 2.38. The van der Waals surface area contributed by atoms with Crippen LogP contribution < -0.4 is 0 Å². The van der Waals surface area contributed by atoms with Crippen LogP contribution in [0.15, 0.2) is 46.3 Å². The van der Waals surface area contributed by atoms with Crippen LogP contribution in [0.4, 0.5) is 4.39 Å². The number of rotatable bonds is 3. The summed E-state index contributed by atoms with van der Waals surface area (Å²) >= 11 is 0. The van der Waals surface area contributed by atoms with E-state index in [1.807, 2.05) is 27.7 Å². The Kier molecular flexibility index (Phi) is 19.1. The van der Waals surface area contributed by atoms with Crippen molar-refractivity contribution in [2.75, 3.05) is 0 Å².